The summed E-state index contributed by atoms with van der Waals surface area (Å²) in [6, 6.07) is 3.27. The lowest BCUT2D eigenvalue weighted by atomic mass is 9.83. The van der Waals surface area contributed by atoms with Crippen molar-refractivity contribution in [2.45, 2.75) is 67.6 Å². The van der Waals surface area contributed by atoms with E-state index in [0.29, 0.717) is 14.0 Å². The van der Waals surface area contributed by atoms with Gasteiger partial charge in [-0.2, -0.15) is 65.9 Å². The van der Waals surface area contributed by atoms with Crippen LogP contribution < -0.4 is 4.74 Å². The van der Waals surface area contributed by atoms with Gasteiger partial charge in [-0.05, 0) is 24.6 Å². The number of benzene rings is 1. The van der Waals surface area contributed by atoms with E-state index in [1.54, 1.807) is 0 Å². The molecular formula is C19H15F15O3. The molecule has 1 unspecified atom stereocenters. The summed E-state index contributed by atoms with van der Waals surface area (Å²) in [6.07, 6.45) is -10.4. The minimum atomic E-state index is -8.36. The van der Waals surface area contributed by atoms with Gasteiger partial charge in [-0.15, -0.1) is 0 Å². The molecule has 0 saturated heterocycles. The summed E-state index contributed by atoms with van der Waals surface area (Å²) in [5.41, 5.74) is -3.39. The Kier molecular flexibility index (Phi) is 8.30. The molecule has 0 N–H and O–H groups in total. The summed E-state index contributed by atoms with van der Waals surface area (Å²) in [5, 5.41) is 0. The van der Waals surface area contributed by atoms with Crippen molar-refractivity contribution in [1.82, 2.24) is 0 Å². The number of alkyl halides is 15. The van der Waals surface area contributed by atoms with Crippen LogP contribution in [0, 0.1) is 0 Å². The van der Waals surface area contributed by atoms with Crippen molar-refractivity contribution in [1.29, 1.82) is 0 Å². The topological polar surface area (TPSA) is 35.5 Å². The molecule has 1 rings (SSSR count). The standard InChI is InChI=1S/C19H15F15O3/c1-9(35)37-11-6-4-10(5-7-11)12(2,36-3)8-13(20,21)14(22,23)15(24,25)16(26,27)17(28,29)18(30,31)19(32,33)34/h4-7H,8H2,1-3H3. The monoisotopic (exact) mass is 576 g/mol. The first kappa shape index (κ1) is 32.6. The molecule has 1 atom stereocenters. The van der Waals surface area contributed by atoms with Gasteiger partial charge in [0.15, 0.2) is 0 Å². The highest BCUT2D eigenvalue weighted by Crippen LogP contribution is 2.63. The second-order valence-electron chi connectivity index (χ2n) is 7.80. The summed E-state index contributed by atoms with van der Waals surface area (Å²) in [4.78, 5) is 10.9. The zero-order valence-corrected chi connectivity index (χ0v) is 18.4. The number of methoxy groups -OCH3 is 1. The second kappa shape index (κ2) is 9.41. The average molecular weight is 576 g/mol. The van der Waals surface area contributed by atoms with Gasteiger partial charge in [-0.25, -0.2) is 0 Å². The van der Waals surface area contributed by atoms with Crippen LogP contribution >= 0.6 is 0 Å². The number of rotatable bonds is 10. The maximum atomic E-state index is 14.4. The number of carbonyl (C=O) groups excluding carboxylic acids is 1. The van der Waals surface area contributed by atoms with E-state index in [0.717, 1.165) is 31.2 Å². The Labute approximate surface area is 197 Å². The predicted molar refractivity (Wildman–Crippen MR) is 92.5 cm³/mol. The Hall–Kier alpha value is -2.40. The number of ether oxygens (including phenoxy) is 2. The Morgan fingerprint density at radius 3 is 1.41 bits per heavy atom. The molecular weight excluding hydrogens is 561 g/mol. The van der Waals surface area contributed by atoms with Gasteiger partial charge in [0.05, 0.1) is 12.0 Å². The SMILES string of the molecule is COC(C)(CC(F)(F)C(F)(F)C(F)(F)C(F)(F)C(F)(F)C(F)(F)C(F)(F)F)c1ccc(OC(C)=O)cc1. The summed E-state index contributed by atoms with van der Waals surface area (Å²) >= 11 is 0. The highest BCUT2D eigenvalue weighted by atomic mass is 19.4. The fraction of sp³-hybridized carbons (Fsp3) is 0.632. The van der Waals surface area contributed by atoms with Crippen LogP contribution in [0.1, 0.15) is 25.8 Å². The highest BCUT2D eigenvalue weighted by molar-refractivity contribution is 5.69. The lowest BCUT2D eigenvalue weighted by Crippen LogP contribution is -2.72. The van der Waals surface area contributed by atoms with Crippen LogP contribution in [0.4, 0.5) is 65.9 Å². The fourth-order valence-corrected chi connectivity index (χ4v) is 2.87. The van der Waals surface area contributed by atoms with Crippen LogP contribution in [0.2, 0.25) is 0 Å². The number of hydrogen-bond acceptors (Lipinski definition) is 3. The van der Waals surface area contributed by atoms with Gasteiger partial charge >= 0.3 is 47.7 Å². The molecule has 0 aromatic heterocycles. The third-order valence-corrected chi connectivity index (χ3v) is 5.13. The zero-order valence-electron chi connectivity index (χ0n) is 18.4. The zero-order chi connectivity index (χ0) is 29.7. The molecule has 1 aromatic carbocycles. The third-order valence-electron chi connectivity index (χ3n) is 5.13. The first-order valence-corrected chi connectivity index (χ1v) is 9.34. The van der Waals surface area contributed by atoms with Gasteiger partial charge in [-0.3, -0.25) is 4.79 Å². The van der Waals surface area contributed by atoms with Crippen molar-refractivity contribution in [3.05, 3.63) is 29.8 Å². The van der Waals surface area contributed by atoms with Gasteiger partial charge in [0.25, 0.3) is 0 Å². The Morgan fingerprint density at radius 1 is 0.676 bits per heavy atom. The largest absolute Gasteiger partial charge is 0.460 e. The first-order chi connectivity index (χ1) is 16.2. The van der Waals surface area contributed by atoms with E-state index in [2.05, 4.69) is 9.47 Å². The normalized spacial score (nSPS) is 16.4. The van der Waals surface area contributed by atoms with Crippen molar-refractivity contribution < 1.29 is 80.1 Å². The molecule has 0 aliphatic rings. The molecule has 0 saturated carbocycles. The molecule has 0 amide bonds. The molecule has 0 aliphatic carbocycles. The van der Waals surface area contributed by atoms with E-state index in [4.69, 9.17) is 0 Å². The van der Waals surface area contributed by atoms with E-state index in [-0.39, 0.29) is 5.75 Å². The lowest BCUT2D eigenvalue weighted by molar-refractivity contribution is -0.453. The summed E-state index contributed by atoms with van der Waals surface area (Å²) in [6.45, 7) is 1.46. The van der Waals surface area contributed by atoms with Gasteiger partial charge in [0, 0.05) is 14.0 Å². The number of hydrogen-bond donors (Lipinski definition) is 0. The van der Waals surface area contributed by atoms with Gasteiger partial charge in [0.2, 0.25) is 0 Å². The molecule has 214 valence electrons. The van der Waals surface area contributed by atoms with Gasteiger partial charge in [0.1, 0.15) is 5.75 Å². The van der Waals surface area contributed by atoms with E-state index >= 15 is 0 Å². The highest BCUT2D eigenvalue weighted by Gasteiger charge is 2.93. The molecule has 1 aromatic rings. The van der Waals surface area contributed by atoms with Crippen molar-refractivity contribution in [3.63, 3.8) is 0 Å². The summed E-state index contributed by atoms with van der Waals surface area (Å²) in [7, 11) is 0.541. The van der Waals surface area contributed by atoms with Crippen LogP contribution in [-0.2, 0) is 15.1 Å². The van der Waals surface area contributed by atoms with E-state index in [1.807, 2.05) is 0 Å². The Bertz CT molecular complexity index is 970. The third kappa shape index (κ3) is 5.16. The molecule has 0 heterocycles. The van der Waals surface area contributed by atoms with Crippen LogP contribution in [0.15, 0.2) is 24.3 Å². The lowest BCUT2D eigenvalue weighted by Gasteiger charge is -2.43. The number of esters is 1. The van der Waals surface area contributed by atoms with E-state index in [1.165, 1.54) is 0 Å². The second-order valence-corrected chi connectivity index (χ2v) is 7.80. The predicted octanol–water partition coefficient (Wildman–Crippen LogP) is 7.24. The summed E-state index contributed by atoms with van der Waals surface area (Å²) < 4.78 is 210. The Morgan fingerprint density at radius 2 is 1.05 bits per heavy atom. The molecule has 37 heavy (non-hydrogen) atoms. The maximum Gasteiger partial charge on any atom is 0.460 e. The van der Waals surface area contributed by atoms with Crippen molar-refractivity contribution >= 4 is 5.97 Å². The maximum absolute atomic E-state index is 14.4. The van der Waals surface area contributed by atoms with Gasteiger partial charge < -0.3 is 9.47 Å². The number of halogens is 15. The van der Waals surface area contributed by atoms with E-state index in [9.17, 15) is 70.7 Å². The van der Waals surface area contributed by atoms with E-state index < -0.39 is 65.3 Å². The number of carbonyl (C=O) groups is 1. The van der Waals surface area contributed by atoms with Crippen LogP contribution in [0.25, 0.3) is 0 Å². The molecule has 0 fully saturated rings. The first-order valence-electron chi connectivity index (χ1n) is 9.34. The smallest absolute Gasteiger partial charge is 0.427 e. The van der Waals surface area contributed by atoms with Crippen molar-refractivity contribution in [2.24, 2.45) is 0 Å². The quantitative estimate of drug-likeness (QED) is 0.168. The minimum Gasteiger partial charge on any atom is -0.427 e. The molecule has 0 bridgehead atoms. The average Bonchev–Trinajstić information content (AvgIpc) is 2.71. The molecule has 0 aliphatic heterocycles. The minimum absolute atomic E-state index is 0.245. The summed E-state index contributed by atoms with van der Waals surface area (Å²) in [5.74, 6) is -48.1. The van der Waals surface area contributed by atoms with Gasteiger partial charge in [-0.1, -0.05) is 12.1 Å². The fourth-order valence-electron chi connectivity index (χ4n) is 2.87. The Balaban J connectivity index is 3.54. The molecule has 0 radical (unpaired) electrons. The van der Waals surface area contributed by atoms with Crippen molar-refractivity contribution in [2.75, 3.05) is 7.11 Å². The van der Waals surface area contributed by atoms with Crippen LogP contribution in [-0.4, -0.2) is 54.8 Å². The van der Waals surface area contributed by atoms with Crippen molar-refractivity contribution in [3.8, 4) is 5.75 Å². The molecule has 18 heteroatoms. The van der Waals surface area contributed by atoms with Crippen LogP contribution in [0.3, 0.4) is 0 Å². The molecule has 0 spiro atoms. The van der Waals surface area contributed by atoms with Crippen LogP contribution in [0.5, 0.6) is 5.75 Å². The molecule has 3 nitrogen and oxygen atoms in total.